The van der Waals surface area contributed by atoms with Crippen LogP contribution in [0.25, 0.3) is 0 Å². The smallest absolute Gasteiger partial charge is 0.161 e. The molecule has 4 nitrogen and oxygen atoms in total. The number of methoxy groups -OCH3 is 2. The lowest BCUT2D eigenvalue weighted by Gasteiger charge is -2.17. The SMILES string of the molecule is CNC(c1ccc(OC)c(OC)c1)c1occc1Br. The number of hydrogen-bond donors (Lipinski definition) is 1. The second-order valence-electron chi connectivity index (χ2n) is 3.97. The molecular formula is C14H16BrNO3. The van der Waals surface area contributed by atoms with Gasteiger partial charge in [-0.15, -0.1) is 0 Å². The average Bonchev–Trinajstić information content (AvgIpc) is 2.86. The molecule has 0 amide bonds. The molecule has 0 saturated carbocycles. The van der Waals surface area contributed by atoms with Crippen molar-refractivity contribution in [2.24, 2.45) is 0 Å². The molecule has 0 spiro atoms. The Morgan fingerprint density at radius 1 is 1.16 bits per heavy atom. The molecule has 102 valence electrons. The Morgan fingerprint density at radius 2 is 1.89 bits per heavy atom. The first-order valence-electron chi connectivity index (χ1n) is 5.83. The van der Waals surface area contributed by atoms with Crippen LogP contribution >= 0.6 is 15.9 Å². The van der Waals surface area contributed by atoms with Gasteiger partial charge in [0.1, 0.15) is 5.76 Å². The highest BCUT2D eigenvalue weighted by Gasteiger charge is 2.19. The van der Waals surface area contributed by atoms with E-state index in [1.54, 1.807) is 20.5 Å². The third kappa shape index (κ3) is 2.77. The standard InChI is InChI=1S/C14H16BrNO3/c1-16-13(14-10(15)6-7-19-14)9-4-5-11(17-2)12(8-9)18-3/h4-8,13,16H,1-3H3. The zero-order chi connectivity index (χ0) is 13.8. The van der Waals surface area contributed by atoms with Gasteiger partial charge in [0.2, 0.25) is 0 Å². The van der Waals surface area contributed by atoms with E-state index in [0.29, 0.717) is 11.5 Å². The fraction of sp³-hybridized carbons (Fsp3) is 0.286. The summed E-state index contributed by atoms with van der Waals surface area (Å²) in [6, 6.07) is 7.63. The van der Waals surface area contributed by atoms with Crippen LogP contribution in [0.1, 0.15) is 17.4 Å². The molecule has 1 aromatic carbocycles. The van der Waals surface area contributed by atoms with Crippen molar-refractivity contribution < 1.29 is 13.9 Å². The summed E-state index contributed by atoms with van der Waals surface area (Å²) in [6.07, 6.45) is 1.66. The summed E-state index contributed by atoms with van der Waals surface area (Å²) >= 11 is 3.48. The highest BCUT2D eigenvalue weighted by molar-refractivity contribution is 9.10. The Bertz CT molecular complexity index is 553. The normalized spacial score (nSPS) is 12.2. The minimum Gasteiger partial charge on any atom is -0.493 e. The molecule has 1 unspecified atom stereocenters. The van der Waals surface area contributed by atoms with Crippen molar-refractivity contribution in [1.82, 2.24) is 5.32 Å². The van der Waals surface area contributed by atoms with Crippen LogP contribution in [-0.2, 0) is 0 Å². The summed E-state index contributed by atoms with van der Waals surface area (Å²) < 4.78 is 17.0. The van der Waals surface area contributed by atoms with Gasteiger partial charge in [-0.3, -0.25) is 0 Å². The number of furan rings is 1. The van der Waals surface area contributed by atoms with Crippen molar-refractivity contribution in [2.75, 3.05) is 21.3 Å². The van der Waals surface area contributed by atoms with Gasteiger partial charge in [-0.05, 0) is 46.7 Å². The third-order valence-electron chi connectivity index (χ3n) is 2.94. The third-order valence-corrected chi connectivity index (χ3v) is 3.59. The van der Waals surface area contributed by atoms with E-state index in [0.717, 1.165) is 15.8 Å². The predicted molar refractivity (Wildman–Crippen MR) is 76.9 cm³/mol. The molecule has 0 bridgehead atoms. The number of ether oxygens (including phenoxy) is 2. The molecule has 0 saturated heterocycles. The van der Waals surface area contributed by atoms with E-state index in [4.69, 9.17) is 13.9 Å². The molecular weight excluding hydrogens is 310 g/mol. The van der Waals surface area contributed by atoms with Crippen molar-refractivity contribution in [1.29, 1.82) is 0 Å². The molecule has 1 aromatic heterocycles. The molecule has 5 heteroatoms. The van der Waals surface area contributed by atoms with Gasteiger partial charge < -0.3 is 19.2 Å². The molecule has 0 fully saturated rings. The zero-order valence-corrected chi connectivity index (χ0v) is 12.7. The first-order chi connectivity index (χ1) is 9.21. The number of nitrogens with one attached hydrogen (secondary N) is 1. The van der Waals surface area contributed by atoms with Gasteiger partial charge in [-0.1, -0.05) is 6.07 Å². The fourth-order valence-electron chi connectivity index (χ4n) is 1.99. The second-order valence-corrected chi connectivity index (χ2v) is 4.82. The highest BCUT2D eigenvalue weighted by atomic mass is 79.9. The lowest BCUT2D eigenvalue weighted by atomic mass is 10.0. The van der Waals surface area contributed by atoms with E-state index >= 15 is 0 Å². The van der Waals surface area contributed by atoms with Crippen LogP contribution in [0.5, 0.6) is 11.5 Å². The molecule has 0 aliphatic heterocycles. The molecule has 1 heterocycles. The van der Waals surface area contributed by atoms with E-state index in [2.05, 4.69) is 21.2 Å². The van der Waals surface area contributed by atoms with Gasteiger partial charge in [0.05, 0.1) is 31.0 Å². The largest absolute Gasteiger partial charge is 0.493 e. The molecule has 0 aliphatic rings. The van der Waals surface area contributed by atoms with Gasteiger partial charge in [0, 0.05) is 0 Å². The van der Waals surface area contributed by atoms with Crippen molar-refractivity contribution in [3.05, 3.63) is 46.3 Å². The number of halogens is 1. The average molecular weight is 326 g/mol. The van der Waals surface area contributed by atoms with Crippen LogP contribution in [0.4, 0.5) is 0 Å². The van der Waals surface area contributed by atoms with E-state index in [9.17, 15) is 0 Å². The van der Waals surface area contributed by atoms with Crippen LogP contribution in [0, 0.1) is 0 Å². The molecule has 1 atom stereocenters. The topological polar surface area (TPSA) is 43.6 Å². The lowest BCUT2D eigenvalue weighted by Crippen LogP contribution is -2.17. The Balaban J connectivity index is 2.42. The van der Waals surface area contributed by atoms with Crippen LogP contribution in [-0.4, -0.2) is 21.3 Å². The van der Waals surface area contributed by atoms with Gasteiger partial charge in [0.15, 0.2) is 11.5 Å². The second kappa shape index (κ2) is 6.12. The Hall–Kier alpha value is -1.46. The molecule has 0 aliphatic carbocycles. The summed E-state index contributed by atoms with van der Waals surface area (Å²) in [5, 5.41) is 3.23. The van der Waals surface area contributed by atoms with Crippen molar-refractivity contribution in [2.45, 2.75) is 6.04 Å². The summed E-state index contributed by atoms with van der Waals surface area (Å²) in [5.74, 6) is 2.23. The molecule has 1 N–H and O–H groups in total. The van der Waals surface area contributed by atoms with Crippen molar-refractivity contribution in [3.8, 4) is 11.5 Å². The zero-order valence-electron chi connectivity index (χ0n) is 11.1. The van der Waals surface area contributed by atoms with Crippen molar-refractivity contribution >= 4 is 15.9 Å². The van der Waals surface area contributed by atoms with E-state index < -0.39 is 0 Å². The molecule has 19 heavy (non-hydrogen) atoms. The van der Waals surface area contributed by atoms with Crippen LogP contribution in [0.3, 0.4) is 0 Å². The van der Waals surface area contributed by atoms with Crippen LogP contribution < -0.4 is 14.8 Å². The first-order valence-corrected chi connectivity index (χ1v) is 6.62. The summed E-state index contributed by atoms with van der Waals surface area (Å²) in [5.41, 5.74) is 1.04. The molecule has 0 radical (unpaired) electrons. The Morgan fingerprint density at radius 3 is 2.42 bits per heavy atom. The minimum atomic E-state index is -0.0517. The maximum atomic E-state index is 5.52. The number of rotatable bonds is 5. The van der Waals surface area contributed by atoms with Crippen LogP contribution in [0.15, 0.2) is 39.4 Å². The van der Waals surface area contributed by atoms with Gasteiger partial charge in [-0.25, -0.2) is 0 Å². The van der Waals surface area contributed by atoms with E-state index in [-0.39, 0.29) is 6.04 Å². The Kier molecular flexibility index (Phi) is 4.50. The van der Waals surface area contributed by atoms with E-state index in [1.807, 2.05) is 31.3 Å². The van der Waals surface area contributed by atoms with Gasteiger partial charge >= 0.3 is 0 Å². The number of benzene rings is 1. The van der Waals surface area contributed by atoms with Crippen LogP contribution in [0.2, 0.25) is 0 Å². The summed E-state index contributed by atoms with van der Waals surface area (Å²) in [7, 11) is 5.13. The van der Waals surface area contributed by atoms with E-state index in [1.165, 1.54) is 0 Å². The molecule has 2 rings (SSSR count). The Labute approximate surface area is 120 Å². The predicted octanol–water partition coefficient (Wildman–Crippen LogP) is 3.37. The molecule has 2 aromatic rings. The maximum absolute atomic E-state index is 5.52. The van der Waals surface area contributed by atoms with Gasteiger partial charge in [-0.2, -0.15) is 0 Å². The van der Waals surface area contributed by atoms with Gasteiger partial charge in [0.25, 0.3) is 0 Å². The monoisotopic (exact) mass is 325 g/mol. The minimum absolute atomic E-state index is 0.0517. The fourth-order valence-corrected chi connectivity index (χ4v) is 2.42. The quantitative estimate of drug-likeness (QED) is 0.915. The maximum Gasteiger partial charge on any atom is 0.161 e. The number of hydrogen-bond acceptors (Lipinski definition) is 4. The summed E-state index contributed by atoms with van der Waals surface area (Å²) in [4.78, 5) is 0. The lowest BCUT2D eigenvalue weighted by molar-refractivity contribution is 0.353. The van der Waals surface area contributed by atoms with Crippen molar-refractivity contribution in [3.63, 3.8) is 0 Å². The first kappa shape index (κ1) is 14.0. The highest BCUT2D eigenvalue weighted by Crippen LogP contribution is 2.34. The summed E-state index contributed by atoms with van der Waals surface area (Å²) in [6.45, 7) is 0.